The molecule has 2 rings (SSSR count). The molecule has 0 radical (unpaired) electrons. The molecule has 0 atom stereocenters. The summed E-state index contributed by atoms with van der Waals surface area (Å²) >= 11 is 0. The molecule has 1 aliphatic rings. The molecule has 1 saturated heterocycles. The fourth-order valence-corrected chi connectivity index (χ4v) is 2.99. The fraction of sp³-hybridized carbons (Fsp3) is 0.733. The molecule has 20 heavy (non-hydrogen) atoms. The van der Waals surface area contributed by atoms with Gasteiger partial charge in [0.25, 0.3) is 0 Å². The van der Waals surface area contributed by atoms with Crippen LogP contribution in [0.4, 0.5) is 0 Å². The molecule has 0 unspecified atom stereocenters. The molecule has 112 valence electrons. The smallest absolute Gasteiger partial charge is 0.309 e. The Morgan fingerprint density at radius 2 is 2.05 bits per heavy atom. The predicted octanol–water partition coefficient (Wildman–Crippen LogP) is 2.76. The maximum absolute atomic E-state index is 11.5. The summed E-state index contributed by atoms with van der Waals surface area (Å²) < 4.78 is 5.59. The van der Waals surface area contributed by atoms with Crippen LogP contribution in [0.15, 0.2) is 4.42 Å². The highest BCUT2D eigenvalue weighted by Crippen LogP contribution is 2.36. The van der Waals surface area contributed by atoms with Gasteiger partial charge >= 0.3 is 5.97 Å². The maximum Gasteiger partial charge on any atom is 0.309 e. The van der Waals surface area contributed by atoms with E-state index in [1.165, 1.54) is 0 Å². The Bertz CT molecular complexity index is 454. The van der Waals surface area contributed by atoms with Gasteiger partial charge in [-0.1, -0.05) is 13.3 Å². The Morgan fingerprint density at radius 1 is 1.40 bits per heavy atom. The largest absolute Gasteiger partial charge is 0.481 e. The van der Waals surface area contributed by atoms with Crippen LogP contribution in [0.2, 0.25) is 0 Å². The molecule has 0 spiro atoms. The molecular weight excluding hydrogens is 256 g/mol. The second kappa shape index (κ2) is 5.95. The number of carboxylic acid groups (broad SMARTS) is 1. The normalized spacial score (nSPS) is 19.1. The second-order valence-corrected chi connectivity index (χ2v) is 5.86. The average molecular weight is 280 g/mol. The topological polar surface area (TPSA) is 66.6 Å². The number of carboxylic acids is 1. The van der Waals surface area contributed by atoms with E-state index in [2.05, 4.69) is 16.8 Å². The van der Waals surface area contributed by atoms with Gasteiger partial charge in [-0.3, -0.25) is 9.69 Å². The molecular formula is C15H24N2O3. The molecule has 1 fully saturated rings. The molecule has 0 aliphatic carbocycles. The average Bonchev–Trinajstić information content (AvgIpc) is 2.71. The van der Waals surface area contributed by atoms with Crippen LogP contribution in [0.5, 0.6) is 0 Å². The molecule has 5 heteroatoms. The molecule has 0 amide bonds. The molecule has 1 aromatic heterocycles. The number of likely N-dealkylation sites (tertiary alicyclic amines) is 1. The summed E-state index contributed by atoms with van der Waals surface area (Å²) in [6.45, 7) is 8.18. The van der Waals surface area contributed by atoms with E-state index in [9.17, 15) is 9.90 Å². The maximum atomic E-state index is 11.5. The van der Waals surface area contributed by atoms with Crippen LogP contribution in [0.3, 0.4) is 0 Å². The van der Waals surface area contributed by atoms with Crippen molar-refractivity contribution < 1.29 is 14.3 Å². The number of carbonyl (C=O) groups is 1. The third kappa shape index (κ3) is 3.03. The number of nitrogens with zero attached hydrogens (tertiary/aromatic N) is 2. The second-order valence-electron chi connectivity index (χ2n) is 5.86. The molecule has 1 aliphatic heterocycles. The van der Waals surface area contributed by atoms with Crippen molar-refractivity contribution in [2.24, 2.45) is 5.41 Å². The molecule has 1 aromatic rings. The Balaban J connectivity index is 1.95. The zero-order valence-corrected chi connectivity index (χ0v) is 12.6. The number of rotatable bonds is 5. The van der Waals surface area contributed by atoms with E-state index in [0.29, 0.717) is 6.54 Å². The van der Waals surface area contributed by atoms with Crippen molar-refractivity contribution >= 4 is 5.97 Å². The Morgan fingerprint density at radius 3 is 2.50 bits per heavy atom. The van der Waals surface area contributed by atoms with Gasteiger partial charge in [0.15, 0.2) is 0 Å². The first-order chi connectivity index (χ1) is 9.47. The quantitative estimate of drug-likeness (QED) is 0.898. The molecule has 2 heterocycles. The lowest BCUT2D eigenvalue weighted by Gasteiger charge is -2.38. The number of oxazole rings is 1. The first kappa shape index (κ1) is 15.0. The number of hydrogen-bond donors (Lipinski definition) is 1. The van der Waals surface area contributed by atoms with E-state index in [1.54, 1.807) is 0 Å². The fourth-order valence-electron chi connectivity index (χ4n) is 2.99. The summed E-state index contributed by atoms with van der Waals surface area (Å²) in [6, 6.07) is 0. The highest BCUT2D eigenvalue weighted by molar-refractivity contribution is 5.74. The van der Waals surface area contributed by atoms with Gasteiger partial charge in [-0.2, -0.15) is 0 Å². The van der Waals surface area contributed by atoms with Crippen LogP contribution < -0.4 is 0 Å². The number of hydrogen-bond acceptors (Lipinski definition) is 4. The highest BCUT2D eigenvalue weighted by atomic mass is 16.4. The molecule has 5 nitrogen and oxygen atoms in total. The van der Waals surface area contributed by atoms with Crippen molar-refractivity contribution in [3.8, 4) is 0 Å². The zero-order chi connectivity index (χ0) is 14.8. The zero-order valence-electron chi connectivity index (χ0n) is 12.6. The summed E-state index contributed by atoms with van der Waals surface area (Å²) in [4.78, 5) is 18.2. The van der Waals surface area contributed by atoms with Gasteiger partial charge in [0, 0.05) is 0 Å². The molecule has 1 N–H and O–H groups in total. The van der Waals surface area contributed by atoms with E-state index < -0.39 is 11.4 Å². The van der Waals surface area contributed by atoms with Gasteiger partial charge < -0.3 is 9.52 Å². The first-order valence-electron chi connectivity index (χ1n) is 7.35. The minimum Gasteiger partial charge on any atom is -0.481 e. The van der Waals surface area contributed by atoms with Gasteiger partial charge in [0.1, 0.15) is 5.76 Å². The van der Waals surface area contributed by atoms with Gasteiger partial charge in [0.05, 0.1) is 17.7 Å². The third-order valence-electron chi connectivity index (χ3n) is 4.43. The predicted molar refractivity (Wildman–Crippen MR) is 75.5 cm³/mol. The SMILES string of the molecule is CCCC1(C(=O)O)CCN(Cc2nc(C)c(C)o2)CC1. The molecule has 0 bridgehead atoms. The van der Waals surface area contributed by atoms with Gasteiger partial charge in [-0.15, -0.1) is 0 Å². The lowest BCUT2D eigenvalue weighted by molar-refractivity contribution is -0.152. The highest BCUT2D eigenvalue weighted by Gasteiger charge is 2.40. The van der Waals surface area contributed by atoms with E-state index in [4.69, 9.17) is 4.42 Å². The lowest BCUT2D eigenvalue weighted by Crippen LogP contribution is -2.44. The number of aliphatic carboxylic acids is 1. The van der Waals surface area contributed by atoms with E-state index in [-0.39, 0.29) is 0 Å². The standard InChI is InChI=1S/C15H24N2O3/c1-4-5-15(14(18)19)6-8-17(9-7-15)10-13-16-11(2)12(3)20-13/h4-10H2,1-3H3,(H,18,19). The van der Waals surface area contributed by atoms with Gasteiger partial charge in [-0.05, 0) is 46.2 Å². The minimum atomic E-state index is -0.637. The van der Waals surface area contributed by atoms with Crippen LogP contribution in [0.1, 0.15) is 50.0 Å². The van der Waals surface area contributed by atoms with Crippen LogP contribution in [-0.2, 0) is 11.3 Å². The van der Waals surface area contributed by atoms with Crippen LogP contribution in [0, 0.1) is 19.3 Å². The van der Waals surface area contributed by atoms with Crippen molar-refractivity contribution in [3.63, 3.8) is 0 Å². The molecule has 0 aromatic carbocycles. The van der Waals surface area contributed by atoms with Crippen molar-refractivity contribution in [2.45, 2.75) is 53.0 Å². The van der Waals surface area contributed by atoms with Gasteiger partial charge in [0.2, 0.25) is 5.89 Å². The number of piperidine rings is 1. The summed E-state index contributed by atoms with van der Waals surface area (Å²) in [5.74, 6) is 0.961. The van der Waals surface area contributed by atoms with E-state index in [1.807, 2.05) is 13.8 Å². The summed E-state index contributed by atoms with van der Waals surface area (Å²) in [5.41, 5.74) is 0.413. The van der Waals surface area contributed by atoms with Crippen molar-refractivity contribution in [2.75, 3.05) is 13.1 Å². The summed E-state index contributed by atoms with van der Waals surface area (Å²) in [6.07, 6.45) is 3.13. The van der Waals surface area contributed by atoms with Crippen LogP contribution in [0.25, 0.3) is 0 Å². The van der Waals surface area contributed by atoms with Crippen LogP contribution >= 0.6 is 0 Å². The minimum absolute atomic E-state index is 0.520. The van der Waals surface area contributed by atoms with Crippen molar-refractivity contribution in [1.82, 2.24) is 9.88 Å². The Labute approximate surface area is 120 Å². The Hall–Kier alpha value is -1.36. The van der Waals surface area contributed by atoms with Crippen molar-refractivity contribution in [3.05, 3.63) is 17.3 Å². The summed E-state index contributed by atoms with van der Waals surface area (Å²) in [7, 11) is 0. The van der Waals surface area contributed by atoms with Crippen LogP contribution in [-0.4, -0.2) is 34.0 Å². The first-order valence-corrected chi connectivity index (χ1v) is 7.35. The molecule has 0 saturated carbocycles. The monoisotopic (exact) mass is 280 g/mol. The number of aryl methyl sites for hydroxylation is 2. The summed E-state index contributed by atoms with van der Waals surface area (Å²) in [5, 5.41) is 9.49. The number of aromatic nitrogens is 1. The lowest BCUT2D eigenvalue weighted by atomic mass is 9.75. The van der Waals surface area contributed by atoms with E-state index >= 15 is 0 Å². The third-order valence-corrected chi connectivity index (χ3v) is 4.43. The van der Waals surface area contributed by atoms with E-state index in [0.717, 1.165) is 56.1 Å². The van der Waals surface area contributed by atoms with Gasteiger partial charge in [-0.25, -0.2) is 4.98 Å². The Kier molecular flexibility index (Phi) is 4.48. The van der Waals surface area contributed by atoms with Crippen molar-refractivity contribution in [1.29, 1.82) is 0 Å².